The quantitative estimate of drug-likeness (QED) is 0.831. The van der Waals surface area contributed by atoms with Gasteiger partial charge in [-0.15, -0.1) is 5.10 Å². The van der Waals surface area contributed by atoms with Gasteiger partial charge in [0.25, 0.3) is 0 Å². The van der Waals surface area contributed by atoms with E-state index in [1.807, 2.05) is 6.07 Å². The van der Waals surface area contributed by atoms with E-state index in [-0.39, 0.29) is 5.91 Å². The summed E-state index contributed by atoms with van der Waals surface area (Å²) in [4.78, 5) is 16.9. The smallest absolute Gasteiger partial charge is 0.238 e. The number of rotatable bonds is 5. The summed E-state index contributed by atoms with van der Waals surface area (Å²) in [5.41, 5.74) is 1.40. The molecule has 25 heavy (non-hydrogen) atoms. The van der Waals surface area contributed by atoms with Crippen LogP contribution in [0.3, 0.4) is 0 Å². The molecule has 0 spiro atoms. The van der Waals surface area contributed by atoms with E-state index in [0.717, 1.165) is 38.3 Å². The van der Waals surface area contributed by atoms with Crippen molar-refractivity contribution < 1.29 is 9.53 Å². The molecule has 1 aliphatic rings. The molecule has 3 rings (SSSR count). The summed E-state index contributed by atoms with van der Waals surface area (Å²) in [6.07, 6.45) is 2.58. The molecule has 1 amide bonds. The van der Waals surface area contributed by atoms with Gasteiger partial charge in [0.15, 0.2) is 0 Å². The van der Waals surface area contributed by atoms with Gasteiger partial charge < -0.3 is 15.0 Å². The summed E-state index contributed by atoms with van der Waals surface area (Å²) in [7, 11) is 3.68. The standard InChI is InChI=1S/C16H23N7O2/c1-21-6-3-7-22(9-8-21)11-16(24)18-14-5-4-13(10-15(14)25-2)23-12-17-19-20-23/h4-5,10,12H,3,6-9,11H2,1-2H3,(H,18,24). The molecule has 0 unspecified atom stereocenters. The molecule has 0 aliphatic carbocycles. The molecule has 9 nitrogen and oxygen atoms in total. The molecular weight excluding hydrogens is 322 g/mol. The molecular formula is C16H23N7O2. The lowest BCUT2D eigenvalue weighted by molar-refractivity contribution is -0.117. The number of carbonyl (C=O) groups excluding carboxylic acids is 1. The summed E-state index contributed by atoms with van der Waals surface area (Å²) in [5, 5.41) is 14.0. The average Bonchev–Trinajstić information content (AvgIpc) is 3.07. The van der Waals surface area contributed by atoms with Crippen molar-refractivity contribution in [1.29, 1.82) is 0 Å². The lowest BCUT2D eigenvalue weighted by Gasteiger charge is -2.20. The molecule has 0 saturated carbocycles. The molecule has 134 valence electrons. The summed E-state index contributed by atoms with van der Waals surface area (Å²) < 4.78 is 6.92. The van der Waals surface area contributed by atoms with Crippen LogP contribution in [0.5, 0.6) is 5.75 Å². The van der Waals surface area contributed by atoms with Gasteiger partial charge in [0, 0.05) is 19.2 Å². The highest BCUT2D eigenvalue weighted by Gasteiger charge is 2.16. The number of benzene rings is 1. The Morgan fingerprint density at radius 3 is 2.92 bits per heavy atom. The fourth-order valence-corrected chi connectivity index (χ4v) is 2.86. The van der Waals surface area contributed by atoms with E-state index >= 15 is 0 Å². The Hall–Kier alpha value is -2.52. The van der Waals surface area contributed by atoms with Crippen molar-refractivity contribution in [3.63, 3.8) is 0 Å². The van der Waals surface area contributed by atoms with Gasteiger partial charge >= 0.3 is 0 Å². The SMILES string of the molecule is COc1cc(-n2cnnn2)ccc1NC(=O)CN1CCCN(C)CC1. The maximum Gasteiger partial charge on any atom is 0.238 e. The molecule has 1 fully saturated rings. The summed E-state index contributed by atoms with van der Waals surface area (Å²) in [5.74, 6) is 0.523. The Bertz CT molecular complexity index is 705. The lowest BCUT2D eigenvalue weighted by Crippen LogP contribution is -2.35. The van der Waals surface area contributed by atoms with Gasteiger partial charge in [-0.3, -0.25) is 9.69 Å². The third kappa shape index (κ3) is 4.52. The first-order valence-corrected chi connectivity index (χ1v) is 8.28. The number of methoxy groups -OCH3 is 1. The van der Waals surface area contributed by atoms with Crippen molar-refractivity contribution in [3.05, 3.63) is 24.5 Å². The van der Waals surface area contributed by atoms with E-state index in [0.29, 0.717) is 18.0 Å². The topological polar surface area (TPSA) is 88.4 Å². The molecule has 1 aromatic carbocycles. The maximum atomic E-state index is 12.4. The fraction of sp³-hybridized carbons (Fsp3) is 0.500. The number of carbonyl (C=O) groups is 1. The number of hydrogen-bond donors (Lipinski definition) is 1. The minimum Gasteiger partial charge on any atom is -0.494 e. The zero-order chi connectivity index (χ0) is 17.6. The Morgan fingerprint density at radius 2 is 2.16 bits per heavy atom. The number of ether oxygens (including phenoxy) is 1. The molecule has 1 aromatic heterocycles. The van der Waals surface area contributed by atoms with Crippen molar-refractivity contribution >= 4 is 11.6 Å². The van der Waals surface area contributed by atoms with E-state index in [1.54, 1.807) is 19.2 Å². The van der Waals surface area contributed by atoms with E-state index in [2.05, 4.69) is 37.7 Å². The first kappa shape index (κ1) is 17.3. The van der Waals surface area contributed by atoms with E-state index in [1.165, 1.54) is 11.0 Å². The number of amides is 1. The normalized spacial score (nSPS) is 16.4. The number of hydrogen-bond acceptors (Lipinski definition) is 7. The van der Waals surface area contributed by atoms with Crippen LogP contribution in [0.4, 0.5) is 5.69 Å². The highest BCUT2D eigenvalue weighted by Crippen LogP contribution is 2.26. The molecule has 2 aromatic rings. The number of nitrogens with zero attached hydrogens (tertiary/aromatic N) is 6. The zero-order valence-electron chi connectivity index (χ0n) is 14.6. The minimum absolute atomic E-state index is 0.0435. The van der Waals surface area contributed by atoms with Crippen LogP contribution in [-0.2, 0) is 4.79 Å². The van der Waals surface area contributed by atoms with Crippen molar-refractivity contribution in [3.8, 4) is 11.4 Å². The van der Waals surface area contributed by atoms with Gasteiger partial charge in [-0.2, -0.15) is 0 Å². The van der Waals surface area contributed by atoms with Crippen LogP contribution in [0, 0.1) is 0 Å². The lowest BCUT2D eigenvalue weighted by atomic mass is 10.2. The van der Waals surface area contributed by atoms with Crippen molar-refractivity contribution in [2.75, 3.05) is 52.2 Å². The third-order valence-electron chi connectivity index (χ3n) is 4.25. The maximum absolute atomic E-state index is 12.4. The van der Waals surface area contributed by atoms with Gasteiger partial charge in [0.1, 0.15) is 12.1 Å². The molecule has 1 aliphatic heterocycles. The average molecular weight is 345 g/mol. The van der Waals surface area contributed by atoms with Gasteiger partial charge in [-0.25, -0.2) is 4.68 Å². The number of nitrogens with one attached hydrogen (secondary N) is 1. The van der Waals surface area contributed by atoms with Crippen LogP contribution in [0.15, 0.2) is 24.5 Å². The van der Waals surface area contributed by atoms with Crippen LogP contribution in [-0.4, -0.2) is 82.8 Å². The molecule has 0 bridgehead atoms. The Balaban J connectivity index is 1.64. The second kappa shape index (κ2) is 8.04. The third-order valence-corrected chi connectivity index (χ3v) is 4.25. The molecule has 1 saturated heterocycles. The van der Waals surface area contributed by atoms with Crippen LogP contribution >= 0.6 is 0 Å². The highest BCUT2D eigenvalue weighted by atomic mass is 16.5. The fourth-order valence-electron chi connectivity index (χ4n) is 2.86. The second-order valence-electron chi connectivity index (χ2n) is 6.12. The number of likely N-dealkylation sites (N-methyl/N-ethyl adjacent to an activating group) is 1. The molecule has 1 N–H and O–H groups in total. The molecule has 9 heteroatoms. The second-order valence-corrected chi connectivity index (χ2v) is 6.12. The van der Waals surface area contributed by atoms with Gasteiger partial charge in [-0.1, -0.05) is 0 Å². The Labute approximate surface area is 146 Å². The number of tetrazole rings is 1. The number of aromatic nitrogens is 4. The van der Waals surface area contributed by atoms with Crippen molar-refractivity contribution in [2.24, 2.45) is 0 Å². The van der Waals surface area contributed by atoms with Crippen LogP contribution in [0.2, 0.25) is 0 Å². The summed E-state index contributed by atoms with van der Waals surface area (Å²) in [6.45, 7) is 4.28. The first-order valence-electron chi connectivity index (χ1n) is 8.28. The van der Waals surface area contributed by atoms with Gasteiger partial charge in [-0.05, 0) is 49.1 Å². The molecule has 2 heterocycles. The van der Waals surface area contributed by atoms with E-state index < -0.39 is 0 Å². The highest BCUT2D eigenvalue weighted by molar-refractivity contribution is 5.93. The predicted octanol–water partition coefficient (Wildman–Crippen LogP) is 0.247. The van der Waals surface area contributed by atoms with E-state index in [4.69, 9.17) is 4.74 Å². The van der Waals surface area contributed by atoms with Crippen LogP contribution in [0.1, 0.15) is 6.42 Å². The minimum atomic E-state index is -0.0435. The van der Waals surface area contributed by atoms with Crippen molar-refractivity contribution in [2.45, 2.75) is 6.42 Å². The number of anilines is 1. The molecule has 0 radical (unpaired) electrons. The Kier molecular flexibility index (Phi) is 5.56. The summed E-state index contributed by atoms with van der Waals surface area (Å²) >= 11 is 0. The largest absolute Gasteiger partial charge is 0.494 e. The van der Waals surface area contributed by atoms with Gasteiger partial charge in [0.05, 0.1) is 25.0 Å². The van der Waals surface area contributed by atoms with Gasteiger partial charge in [0.2, 0.25) is 5.91 Å². The summed E-state index contributed by atoms with van der Waals surface area (Å²) in [6, 6.07) is 5.41. The monoisotopic (exact) mass is 345 g/mol. The van der Waals surface area contributed by atoms with E-state index in [9.17, 15) is 4.79 Å². The van der Waals surface area contributed by atoms with Crippen LogP contribution < -0.4 is 10.1 Å². The zero-order valence-corrected chi connectivity index (χ0v) is 14.6. The van der Waals surface area contributed by atoms with Crippen molar-refractivity contribution in [1.82, 2.24) is 30.0 Å². The van der Waals surface area contributed by atoms with Crippen LogP contribution in [0.25, 0.3) is 5.69 Å². The first-order chi connectivity index (χ1) is 12.2. The molecule has 0 atom stereocenters. The predicted molar refractivity (Wildman–Crippen MR) is 92.9 cm³/mol. The Morgan fingerprint density at radius 1 is 1.28 bits per heavy atom.